The number of anilines is 2. The maximum Gasteiger partial charge on any atom is 0.147 e. The normalized spacial score (nSPS) is 15.7. The van der Waals surface area contributed by atoms with Crippen molar-refractivity contribution in [2.45, 2.75) is 32.8 Å². The number of benzene rings is 2. The summed E-state index contributed by atoms with van der Waals surface area (Å²) in [4.78, 5) is 2.01. The molecule has 0 fully saturated rings. The van der Waals surface area contributed by atoms with E-state index < -0.39 is 6.10 Å². The molecule has 2 aromatic carbocycles. The van der Waals surface area contributed by atoms with Crippen molar-refractivity contribution in [2.75, 3.05) is 11.4 Å². The Labute approximate surface area is 124 Å². The molecule has 0 aromatic heterocycles. The summed E-state index contributed by atoms with van der Waals surface area (Å²) >= 11 is 0. The first kappa shape index (κ1) is 14.1. The van der Waals surface area contributed by atoms with Crippen molar-refractivity contribution in [3.05, 3.63) is 58.9 Å². The van der Waals surface area contributed by atoms with E-state index in [1.54, 1.807) is 19.1 Å². The second-order valence-electron chi connectivity index (χ2n) is 5.74. The zero-order chi connectivity index (χ0) is 15.0. The molecule has 1 atom stereocenters. The first-order valence-electron chi connectivity index (χ1n) is 7.41. The van der Waals surface area contributed by atoms with Gasteiger partial charge in [-0.15, -0.1) is 0 Å². The minimum absolute atomic E-state index is 0.276. The fourth-order valence-electron chi connectivity index (χ4n) is 3.11. The Hall–Kier alpha value is -1.87. The summed E-state index contributed by atoms with van der Waals surface area (Å²) in [5.74, 6) is -0.276. The molecule has 0 unspecified atom stereocenters. The van der Waals surface area contributed by atoms with Gasteiger partial charge < -0.3 is 10.0 Å². The molecule has 0 saturated carbocycles. The molecule has 3 rings (SSSR count). The summed E-state index contributed by atoms with van der Waals surface area (Å²) in [6, 6.07) is 11.2. The quantitative estimate of drug-likeness (QED) is 0.890. The number of halogens is 1. The maximum atomic E-state index is 14.4. The number of aliphatic hydroxyl groups excluding tert-OH is 1. The number of nitrogens with zero attached hydrogens (tertiary/aromatic N) is 1. The third-order valence-corrected chi connectivity index (χ3v) is 4.09. The van der Waals surface area contributed by atoms with Crippen LogP contribution in [0.25, 0.3) is 0 Å². The van der Waals surface area contributed by atoms with Crippen molar-refractivity contribution in [2.24, 2.45) is 0 Å². The molecule has 0 spiro atoms. The SMILES string of the molecule is Cc1ccc2c(c1)CCCN2c1c(F)cccc1[C@@H](C)O. The van der Waals surface area contributed by atoms with Crippen LogP contribution >= 0.6 is 0 Å². The molecule has 1 aliphatic rings. The summed E-state index contributed by atoms with van der Waals surface area (Å²) in [5, 5.41) is 9.96. The topological polar surface area (TPSA) is 23.5 Å². The van der Waals surface area contributed by atoms with Gasteiger partial charge in [0.05, 0.1) is 11.8 Å². The van der Waals surface area contributed by atoms with E-state index in [-0.39, 0.29) is 5.82 Å². The maximum absolute atomic E-state index is 14.4. The van der Waals surface area contributed by atoms with Crippen LogP contribution in [0.15, 0.2) is 36.4 Å². The van der Waals surface area contributed by atoms with E-state index in [1.807, 2.05) is 4.90 Å². The Kier molecular flexibility index (Phi) is 3.68. The minimum Gasteiger partial charge on any atom is -0.389 e. The number of hydrogen-bond acceptors (Lipinski definition) is 2. The smallest absolute Gasteiger partial charge is 0.147 e. The third kappa shape index (κ3) is 2.54. The van der Waals surface area contributed by atoms with Crippen LogP contribution < -0.4 is 4.90 Å². The van der Waals surface area contributed by atoms with Crippen LogP contribution in [-0.4, -0.2) is 11.7 Å². The number of hydrogen-bond donors (Lipinski definition) is 1. The molecule has 0 radical (unpaired) electrons. The number of fused-ring (bicyclic) bond motifs is 1. The van der Waals surface area contributed by atoms with E-state index in [0.29, 0.717) is 11.3 Å². The van der Waals surface area contributed by atoms with E-state index in [0.717, 1.165) is 25.1 Å². The average molecular weight is 285 g/mol. The van der Waals surface area contributed by atoms with Gasteiger partial charge in [0.25, 0.3) is 0 Å². The van der Waals surface area contributed by atoms with Gasteiger partial charge in [0.1, 0.15) is 5.82 Å². The first-order valence-corrected chi connectivity index (χ1v) is 7.41. The van der Waals surface area contributed by atoms with E-state index in [2.05, 4.69) is 25.1 Å². The highest BCUT2D eigenvalue weighted by atomic mass is 19.1. The molecule has 1 aliphatic heterocycles. The number of aryl methyl sites for hydroxylation is 2. The predicted octanol–water partition coefficient (Wildman–Crippen LogP) is 4.27. The largest absolute Gasteiger partial charge is 0.389 e. The molecule has 0 aliphatic carbocycles. The average Bonchev–Trinajstić information content (AvgIpc) is 2.46. The van der Waals surface area contributed by atoms with Crippen molar-refractivity contribution in [3.63, 3.8) is 0 Å². The summed E-state index contributed by atoms with van der Waals surface area (Å²) in [6.45, 7) is 4.53. The van der Waals surface area contributed by atoms with Crippen LogP contribution in [0.2, 0.25) is 0 Å². The van der Waals surface area contributed by atoms with Crippen LogP contribution in [0.5, 0.6) is 0 Å². The Morgan fingerprint density at radius 1 is 1.24 bits per heavy atom. The van der Waals surface area contributed by atoms with Gasteiger partial charge in [0.2, 0.25) is 0 Å². The second-order valence-corrected chi connectivity index (χ2v) is 5.74. The molecule has 3 heteroatoms. The molecule has 0 amide bonds. The van der Waals surface area contributed by atoms with Crippen molar-refractivity contribution in [3.8, 4) is 0 Å². The molecule has 110 valence electrons. The van der Waals surface area contributed by atoms with Gasteiger partial charge in [-0.25, -0.2) is 4.39 Å². The molecule has 2 aromatic rings. The molecule has 0 saturated heterocycles. The van der Waals surface area contributed by atoms with Gasteiger partial charge in [0, 0.05) is 17.8 Å². The van der Waals surface area contributed by atoms with Gasteiger partial charge in [-0.3, -0.25) is 0 Å². The highest BCUT2D eigenvalue weighted by molar-refractivity contribution is 5.71. The summed E-state index contributed by atoms with van der Waals surface area (Å²) in [7, 11) is 0. The fourth-order valence-corrected chi connectivity index (χ4v) is 3.11. The highest BCUT2D eigenvalue weighted by Gasteiger charge is 2.24. The van der Waals surface area contributed by atoms with Crippen molar-refractivity contribution >= 4 is 11.4 Å². The van der Waals surface area contributed by atoms with Gasteiger partial charge in [-0.2, -0.15) is 0 Å². The zero-order valence-corrected chi connectivity index (χ0v) is 12.4. The fraction of sp³-hybridized carbons (Fsp3) is 0.333. The summed E-state index contributed by atoms with van der Waals surface area (Å²) in [5.41, 5.74) is 4.68. The van der Waals surface area contributed by atoms with Crippen molar-refractivity contribution in [1.82, 2.24) is 0 Å². The van der Waals surface area contributed by atoms with Gasteiger partial charge >= 0.3 is 0 Å². The van der Waals surface area contributed by atoms with Gasteiger partial charge in [-0.1, -0.05) is 29.8 Å². The summed E-state index contributed by atoms with van der Waals surface area (Å²) in [6.07, 6.45) is 1.32. The number of aliphatic hydroxyl groups is 1. The Morgan fingerprint density at radius 2 is 2.05 bits per heavy atom. The van der Waals surface area contributed by atoms with Crippen LogP contribution in [0.3, 0.4) is 0 Å². The molecular formula is C18H20FNO. The minimum atomic E-state index is -0.688. The predicted molar refractivity (Wildman–Crippen MR) is 83.5 cm³/mol. The highest BCUT2D eigenvalue weighted by Crippen LogP contribution is 2.39. The Morgan fingerprint density at radius 3 is 2.81 bits per heavy atom. The summed E-state index contributed by atoms with van der Waals surface area (Å²) < 4.78 is 14.4. The lowest BCUT2D eigenvalue weighted by atomic mass is 9.97. The zero-order valence-electron chi connectivity index (χ0n) is 12.4. The number of para-hydroxylation sites is 1. The van der Waals surface area contributed by atoms with Crippen LogP contribution in [0.4, 0.5) is 15.8 Å². The van der Waals surface area contributed by atoms with E-state index in [1.165, 1.54) is 17.2 Å². The molecule has 2 nitrogen and oxygen atoms in total. The molecular weight excluding hydrogens is 265 g/mol. The third-order valence-electron chi connectivity index (χ3n) is 4.09. The standard InChI is InChI=1S/C18H20FNO/c1-12-8-9-17-14(11-12)5-4-10-20(17)18-15(13(2)21)6-3-7-16(18)19/h3,6-9,11,13,21H,4-5,10H2,1-2H3/t13-/m1/s1. The molecule has 1 N–H and O–H groups in total. The van der Waals surface area contributed by atoms with Crippen LogP contribution in [-0.2, 0) is 6.42 Å². The van der Waals surface area contributed by atoms with Gasteiger partial charge in [-0.05, 0) is 44.4 Å². The lowest BCUT2D eigenvalue weighted by Crippen LogP contribution is -2.26. The second kappa shape index (κ2) is 5.49. The molecule has 21 heavy (non-hydrogen) atoms. The van der Waals surface area contributed by atoms with E-state index >= 15 is 0 Å². The van der Waals surface area contributed by atoms with Crippen molar-refractivity contribution < 1.29 is 9.50 Å². The molecule has 0 bridgehead atoms. The van der Waals surface area contributed by atoms with Crippen molar-refractivity contribution in [1.29, 1.82) is 0 Å². The monoisotopic (exact) mass is 285 g/mol. The molecule has 1 heterocycles. The van der Waals surface area contributed by atoms with E-state index in [9.17, 15) is 9.50 Å². The first-order chi connectivity index (χ1) is 10.1. The lowest BCUT2D eigenvalue weighted by Gasteiger charge is -2.33. The van der Waals surface area contributed by atoms with Crippen LogP contribution in [0.1, 0.15) is 36.1 Å². The van der Waals surface area contributed by atoms with Gasteiger partial charge in [0.15, 0.2) is 0 Å². The van der Waals surface area contributed by atoms with E-state index in [4.69, 9.17) is 0 Å². The Balaban J connectivity index is 2.15. The lowest BCUT2D eigenvalue weighted by molar-refractivity contribution is 0.199. The van der Waals surface area contributed by atoms with Crippen LogP contribution in [0, 0.1) is 12.7 Å². The number of rotatable bonds is 2. The Bertz CT molecular complexity index is 666.